The summed E-state index contributed by atoms with van der Waals surface area (Å²) in [5.41, 5.74) is 3.36. The van der Waals surface area contributed by atoms with Crippen LogP contribution in [0.4, 0.5) is 21.9 Å². The molecule has 0 radical (unpaired) electrons. The quantitative estimate of drug-likeness (QED) is 0.646. The average Bonchev–Trinajstić information content (AvgIpc) is 3.03. The molecule has 3 aliphatic heterocycles. The number of aromatic nitrogens is 1. The predicted octanol–water partition coefficient (Wildman–Crippen LogP) is 4.48. The van der Waals surface area contributed by atoms with Gasteiger partial charge in [-0.05, 0) is 69.9 Å². The lowest BCUT2D eigenvalue weighted by atomic mass is 10.0. The summed E-state index contributed by atoms with van der Waals surface area (Å²) in [7, 11) is 1.85. The number of rotatable bonds is 5. The molecule has 1 unspecified atom stereocenters. The van der Waals surface area contributed by atoms with Gasteiger partial charge in [0.25, 0.3) is 5.91 Å². The standard InChI is InChI=1S/C28H40N6O2/c1-21-19-31(2)26-25(21)34(24-13-6-5-12-23(24)30-27(26)35)28(36)29-14-18-33-17-10-7-11-22(33)20-32-15-8-3-4-9-16-32/h5-6,12-13,19,22H,3-4,7-11,14-18,20H2,1-2H3,(H,29,36)(H,30,35). The molecule has 36 heavy (non-hydrogen) atoms. The number of fused-ring (bicyclic) bond motifs is 2. The van der Waals surface area contributed by atoms with Gasteiger partial charge in [0.2, 0.25) is 0 Å². The zero-order chi connectivity index (χ0) is 25.1. The van der Waals surface area contributed by atoms with Crippen LogP contribution in [0.25, 0.3) is 0 Å². The van der Waals surface area contributed by atoms with Crippen LogP contribution in [-0.4, -0.2) is 71.6 Å². The molecule has 0 saturated carbocycles. The van der Waals surface area contributed by atoms with Gasteiger partial charge in [0, 0.05) is 38.9 Å². The molecule has 4 heterocycles. The molecule has 8 nitrogen and oxygen atoms in total. The summed E-state index contributed by atoms with van der Waals surface area (Å²) in [6.07, 6.45) is 11.0. The highest BCUT2D eigenvalue weighted by Crippen LogP contribution is 2.40. The summed E-state index contributed by atoms with van der Waals surface area (Å²) in [4.78, 5) is 33.6. The number of nitrogens with one attached hydrogen (secondary N) is 2. The molecule has 3 aliphatic rings. The molecule has 194 valence electrons. The Balaban J connectivity index is 1.28. The van der Waals surface area contributed by atoms with Crippen LogP contribution < -0.4 is 15.5 Å². The molecule has 3 amide bonds. The van der Waals surface area contributed by atoms with E-state index in [1.54, 1.807) is 9.47 Å². The Morgan fingerprint density at radius 1 is 1.06 bits per heavy atom. The summed E-state index contributed by atoms with van der Waals surface area (Å²) >= 11 is 0. The maximum Gasteiger partial charge on any atom is 0.326 e. The first kappa shape index (κ1) is 24.8. The van der Waals surface area contributed by atoms with Gasteiger partial charge < -0.3 is 20.1 Å². The fraction of sp³-hybridized carbons (Fsp3) is 0.571. The lowest BCUT2D eigenvalue weighted by Crippen LogP contribution is -2.50. The molecule has 0 bridgehead atoms. The van der Waals surface area contributed by atoms with E-state index in [2.05, 4.69) is 20.4 Å². The van der Waals surface area contributed by atoms with Crippen LogP contribution in [0.2, 0.25) is 0 Å². The maximum absolute atomic E-state index is 13.7. The van der Waals surface area contributed by atoms with E-state index in [0.717, 1.165) is 25.2 Å². The van der Waals surface area contributed by atoms with Crippen molar-refractivity contribution in [3.63, 3.8) is 0 Å². The number of likely N-dealkylation sites (tertiary alicyclic amines) is 2. The summed E-state index contributed by atoms with van der Waals surface area (Å²) < 4.78 is 1.80. The highest BCUT2D eigenvalue weighted by atomic mass is 16.2. The topological polar surface area (TPSA) is 72.9 Å². The third-order valence-corrected chi connectivity index (χ3v) is 7.96. The highest BCUT2D eigenvalue weighted by Gasteiger charge is 2.33. The van der Waals surface area contributed by atoms with Crippen molar-refractivity contribution >= 4 is 29.0 Å². The van der Waals surface area contributed by atoms with Crippen molar-refractivity contribution in [2.45, 2.75) is 57.9 Å². The van der Waals surface area contributed by atoms with Gasteiger partial charge in [-0.15, -0.1) is 0 Å². The van der Waals surface area contributed by atoms with Gasteiger partial charge >= 0.3 is 6.03 Å². The average molecular weight is 493 g/mol. The Morgan fingerprint density at radius 2 is 1.81 bits per heavy atom. The molecular formula is C28H40N6O2. The van der Waals surface area contributed by atoms with Crippen molar-refractivity contribution in [1.82, 2.24) is 19.7 Å². The second-order valence-electron chi connectivity index (χ2n) is 10.6. The molecular weight excluding hydrogens is 452 g/mol. The predicted molar refractivity (Wildman–Crippen MR) is 144 cm³/mol. The lowest BCUT2D eigenvalue weighted by molar-refractivity contribution is 0.102. The van der Waals surface area contributed by atoms with Crippen LogP contribution in [-0.2, 0) is 7.05 Å². The Morgan fingerprint density at radius 3 is 2.61 bits per heavy atom. The normalized spacial score (nSPS) is 21.2. The molecule has 2 aromatic rings. The molecule has 2 saturated heterocycles. The first-order valence-electron chi connectivity index (χ1n) is 13.6. The summed E-state index contributed by atoms with van der Waals surface area (Å²) in [6.45, 7) is 8.06. The van der Waals surface area contributed by atoms with Crippen molar-refractivity contribution in [2.75, 3.05) is 49.5 Å². The number of hydrogen-bond donors (Lipinski definition) is 2. The number of carbonyl (C=O) groups excluding carboxylic acids is 2. The van der Waals surface area contributed by atoms with E-state index in [9.17, 15) is 9.59 Å². The molecule has 1 atom stereocenters. The van der Waals surface area contributed by atoms with E-state index in [1.807, 2.05) is 44.4 Å². The number of nitrogens with zero attached hydrogens (tertiary/aromatic N) is 4. The SMILES string of the molecule is Cc1cn(C)c2c1N(C(=O)NCCN1CCCCC1CN1CCCCCC1)c1ccccc1NC2=O. The minimum atomic E-state index is -0.201. The van der Waals surface area contributed by atoms with Crippen LogP contribution in [0.1, 0.15) is 61.0 Å². The van der Waals surface area contributed by atoms with Gasteiger partial charge in [0.05, 0.1) is 17.1 Å². The molecule has 0 aliphatic carbocycles. The fourth-order valence-electron chi connectivity index (χ4n) is 6.17. The number of hydrogen-bond acceptors (Lipinski definition) is 4. The van der Waals surface area contributed by atoms with E-state index in [0.29, 0.717) is 35.3 Å². The van der Waals surface area contributed by atoms with Gasteiger partial charge in [-0.2, -0.15) is 0 Å². The molecule has 5 rings (SSSR count). The third kappa shape index (κ3) is 5.15. The maximum atomic E-state index is 13.7. The second-order valence-corrected chi connectivity index (χ2v) is 10.6. The summed E-state index contributed by atoms with van der Waals surface area (Å²) in [6, 6.07) is 7.87. The largest absolute Gasteiger partial charge is 0.345 e. The number of urea groups is 1. The monoisotopic (exact) mass is 492 g/mol. The molecule has 0 spiro atoms. The first-order valence-corrected chi connectivity index (χ1v) is 13.6. The highest BCUT2D eigenvalue weighted by molar-refractivity contribution is 6.17. The molecule has 8 heteroatoms. The number of aryl methyl sites for hydroxylation is 2. The molecule has 2 N–H and O–H groups in total. The Bertz CT molecular complexity index is 1090. The minimum absolute atomic E-state index is 0.199. The second kappa shape index (κ2) is 11.0. The van der Waals surface area contributed by atoms with E-state index in [1.165, 1.54) is 58.0 Å². The zero-order valence-corrected chi connectivity index (χ0v) is 21.8. The Hall–Kier alpha value is -2.84. The van der Waals surface area contributed by atoms with Gasteiger partial charge in [0.1, 0.15) is 5.69 Å². The minimum Gasteiger partial charge on any atom is -0.345 e. The number of carbonyl (C=O) groups is 2. The smallest absolute Gasteiger partial charge is 0.326 e. The summed E-state index contributed by atoms with van der Waals surface area (Å²) in [5.74, 6) is -0.201. The van der Waals surface area contributed by atoms with Crippen LogP contribution >= 0.6 is 0 Å². The first-order chi connectivity index (χ1) is 17.5. The number of amides is 3. The van der Waals surface area contributed by atoms with E-state index in [-0.39, 0.29) is 11.9 Å². The molecule has 1 aromatic carbocycles. The van der Waals surface area contributed by atoms with Crippen molar-refractivity contribution in [3.05, 3.63) is 41.7 Å². The molecule has 1 aromatic heterocycles. The third-order valence-electron chi connectivity index (χ3n) is 7.96. The van der Waals surface area contributed by atoms with Crippen LogP contribution in [0.5, 0.6) is 0 Å². The van der Waals surface area contributed by atoms with Crippen LogP contribution in [0.15, 0.2) is 30.5 Å². The van der Waals surface area contributed by atoms with Gasteiger partial charge in [0.15, 0.2) is 0 Å². The number of benzene rings is 1. The zero-order valence-electron chi connectivity index (χ0n) is 21.8. The van der Waals surface area contributed by atoms with E-state index >= 15 is 0 Å². The van der Waals surface area contributed by atoms with Gasteiger partial charge in [-0.1, -0.05) is 31.4 Å². The van der Waals surface area contributed by atoms with Crippen molar-refractivity contribution < 1.29 is 9.59 Å². The number of anilines is 3. The number of piperidine rings is 1. The van der Waals surface area contributed by atoms with E-state index in [4.69, 9.17) is 0 Å². The Kier molecular flexibility index (Phi) is 7.62. The summed E-state index contributed by atoms with van der Waals surface area (Å²) in [5, 5.41) is 6.16. The van der Waals surface area contributed by atoms with Crippen molar-refractivity contribution in [1.29, 1.82) is 0 Å². The van der Waals surface area contributed by atoms with E-state index < -0.39 is 0 Å². The van der Waals surface area contributed by atoms with Gasteiger partial charge in [-0.3, -0.25) is 14.6 Å². The number of para-hydroxylation sites is 2. The fourth-order valence-corrected chi connectivity index (χ4v) is 6.17. The van der Waals surface area contributed by atoms with Gasteiger partial charge in [-0.25, -0.2) is 4.79 Å². The van der Waals surface area contributed by atoms with Crippen LogP contribution in [0, 0.1) is 6.92 Å². The van der Waals surface area contributed by atoms with Crippen molar-refractivity contribution in [2.24, 2.45) is 7.05 Å². The van der Waals surface area contributed by atoms with Crippen molar-refractivity contribution in [3.8, 4) is 0 Å². The lowest BCUT2D eigenvalue weighted by Gasteiger charge is -2.38. The van der Waals surface area contributed by atoms with Crippen LogP contribution in [0.3, 0.4) is 0 Å². The Labute approximate surface area is 214 Å². The molecule has 2 fully saturated rings.